The number of aromatic nitrogens is 1. The molecule has 1 aromatic heterocycles. The second kappa shape index (κ2) is 12.9. The maximum absolute atomic E-state index is 13.5. The molecule has 1 N–H and O–H groups in total. The Hall–Kier alpha value is -3.19. The third-order valence-corrected chi connectivity index (χ3v) is 8.31. The molecule has 37 heavy (non-hydrogen) atoms. The lowest BCUT2D eigenvalue weighted by atomic mass is 9.80. The van der Waals surface area contributed by atoms with Gasteiger partial charge in [-0.1, -0.05) is 91.6 Å². The molecule has 6 nitrogen and oxygen atoms in total. The summed E-state index contributed by atoms with van der Waals surface area (Å²) in [7, 11) is 0. The first-order valence-electron chi connectivity index (χ1n) is 13.3. The minimum absolute atomic E-state index is 0.0764. The summed E-state index contributed by atoms with van der Waals surface area (Å²) >= 11 is 0.925. The molecule has 1 amide bonds. The number of carbonyl (C=O) groups excluding carboxylic acids is 2. The van der Waals surface area contributed by atoms with Gasteiger partial charge < -0.3 is 10.1 Å². The molecule has 0 spiro atoms. The van der Waals surface area contributed by atoms with Crippen LogP contribution in [0.4, 0.5) is 0 Å². The molecule has 196 valence electrons. The van der Waals surface area contributed by atoms with E-state index in [0.29, 0.717) is 29.6 Å². The van der Waals surface area contributed by atoms with Crippen LogP contribution in [-0.4, -0.2) is 23.1 Å². The van der Waals surface area contributed by atoms with E-state index in [9.17, 15) is 14.4 Å². The molecule has 1 fully saturated rings. The van der Waals surface area contributed by atoms with Crippen LogP contribution in [0, 0.1) is 12.8 Å². The van der Waals surface area contributed by atoms with Crippen LogP contribution < -0.4 is 10.2 Å². The number of hydrogen-bond acceptors (Lipinski definition) is 5. The molecule has 0 bridgehead atoms. The third-order valence-electron chi connectivity index (χ3n) is 7.25. The van der Waals surface area contributed by atoms with Crippen LogP contribution in [-0.2, 0) is 22.6 Å². The monoisotopic (exact) mass is 520 g/mol. The highest BCUT2D eigenvalue weighted by Crippen LogP contribution is 2.36. The van der Waals surface area contributed by atoms with Crippen LogP contribution in [0.1, 0.15) is 83.4 Å². The van der Waals surface area contributed by atoms with Crippen molar-refractivity contribution in [2.24, 2.45) is 5.92 Å². The van der Waals surface area contributed by atoms with Gasteiger partial charge in [-0.25, -0.2) is 4.79 Å². The van der Waals surface area contributed by atoms with Crippen LogP contribution in [0.3, 0.4) is 0 Å². The Morgan fingerprint density at radius 2 is 1.68 bits per heavy atom. The SMILES string of the molecule is CCOC(=O)c1sc(=O)n(Cc2ccc(C(C(=O)NCc3ccccc3)C3CCCCCC3)cc2)c1C. The van der Waals surface area contributed by atoms with Crippen LogP contribution in [0.15, 0.2) is 59.4 Å². The van der Waals surface area contributed by atoms with Gasteiger partial charge in [-0.3, -0.25) is 14.2 Å². The third kappa shape index (κ3) is 6.77. The summed E-state index contributed by atoms with van der Waals surface area (Å²) in [6, 6.07) is 18.1. The van der Waals surface area contributed by atoms with Gasteiger partial charge in [-0.15, -0.1) is 0 Å². The Kier molecular flexibility index (Phi) is 9.34. The van der Waals surface area contributed by atoms with Gasteiger partial charge in [0.2, 0.25) is 5.91 Å². The van der Waals surface area contributed by atoms with Gasteiger partial charge in [-0.2, -0.15) is 0 Å². The summed E-state index contributed by atoms with van der Waals surface area (Å²) in [5.41, 5.74) is 3.67. The van der Waals surface area contributed by atoms with Gasteiger partial charge in [-0.05, 0) is 49.3 Å². The van der Waals surface area contributed by atoms with E-state index in [4.69, 9.17) is 4.74 Å². The molecule has 1 aliphatic rings. The fraction of sp³-hybridized carbons (Fsp3) is 0.433. The lowest BCUT2D eigenvalue weighted by molar-refractivity contribution is -0.124. The van der Waals surface area contributed by atoms with Crippen molar-refractivity contribution in [2.75, 3.05) is 6.61 Å². The second-order valence-electron chi connectivity index (χ2n) is 9.76. The summed E-state index contributed by atoms with van der Waals surface area (Å²) in [4.78, 5) is 38.5. The van der Waals surface area contributed by atoms with E-state index < -0.39 is 5.97 Å². The smallest absolute Gasteiger partial charge is 0.350 e. The molecule has 1 atom stereocenters. The van der Waals surface area contributed by atoms with E-state index >= 15 is 0 Å². The van der Waals surface area contributed by atoms with E-state index in [1.807, 2.05) is 54.6 Å². The van der Waals surface area contributed by atoms with Crippen molar-refractivity contribution >= 4 is 23.2 Å². The summed E-state index contributed by atoms with van der Waals surface area (Å²) in [5, 5.41) is 3.18. The minimum atomic E-state index is -0.455. The normalized spacial score (nSPS) is 15.1. The summed E-state index contributed by atoms with van der Waals surface area (Å²) in [5.74, 6) is -0.258. The van der Waals surface area contributed by atoms with Crippen LogP contribution >= 0.6 is 11.3 Å². The number of nitrogens with one attached hydrogen (secondary N) is 1. The molecule has 2 aromatic carbocycles. The zero-order valence-electron chi connectivity index (χ0n) is 21.7. The van der Waals surface area contributed by atoms with Gasteiger partial charge in [0.05, 0.1) is 19.1 Å². The highest BCUT2D eigenvalue weighted by atomic mass is 32.1. The summed E-state index contributed by atoms with van der Waals surface area (Å²) < 4.78 is 6.70. The lowest BCUT2D eigenvalue weighted by Gasteiger charge is -2.26. The van der Waals surface area contributed by atoms with Gasteiger partial charge in [0.25, 0.3) is 0 Å². The number of hydrogen-bond donors (Lipinski definition) is 1. The molecule has 0 aliphatic heterocycles. The number of nitrogens with zero attached hydrogens (tertiary/aromatic N) is 1. The second-order valence-corrected chi connectivity index (χ2v) is 10.7. The van der Waals surface area contributed by atoms with Crippen molar-refractivity contribution in [1.29, 1.82) is 0 Å². The Bertz CT molecular complexity index is 1240. The van der Waals surface area contributed by atoms with E-state index in [0.717, 1.165) is 53.7 Å². The first kappa shape index (κ1) is 26.9. The number of esters is 1. The molecule has 1 saturated carbocycles. The standard InChI is InChI=1S/C30H36N2O4S/c1-3-36-29(34)27-21(2)32(30(35)37-27)20-23-15-17-25(18-16-23)26(24-13-9-4-5-10-14-24)28(33)31-19-22-11-7-6-8-12-22/h6-8,11-12,15-18,24,26H,3-5,9-10,13-14,19-20H2,1-2H3,(H,31,33). The average molecular weight is 521 g/mol. The van der Waals surface area contributed by atoms with E-state index in [1.54, 1.807) is 18.4 Å². The van der Waals surface area contributed by atoms with Crippen molar-refractivity contribution in [3.05, 3.63) is 91.5 Å². The van der Waals surface area contributed by atoms with Crippen molar-refractivity contribution < 1.29 is 14.3 Å². The number of ether oxygens (including phenoxy) is 1. The molecular weight excluding hydrogens is 484 g/mol. The molecule has 0 radical (unpaired) electrons. The Balaban J connectivity index is 1.53. The number of amides is 1. The molecule has 1 aliphatic carbocycles. The maximum Gasteiger partial charge on any atom is 0.350 e. The van der Waals surface area contributed by atoms with E-state index in [-0.39, 0.29) is 23.3 Å². The molecule has 1 unspecified atom stereocenters. The number of thiazole rings is 1. The van der Waals surface area contributed by atoms with Crippen molar-refractivity contribution in [2.45, 2.75) is 71.4 Å². The minimum Gasteiger partial charge on any atom is -0.462 e. The van der Waals surface area contributed by atoms with Crippen molar-refractivity contribution in [1.82, 2.24) is 9.88 Å². The van der Waals surface area contributed by atoms with Gasteiger partial charge in [0.15, 0.2) is 0 Å². The summed E-state index contributed by atoms with van der Waals surface area (Å²) in [6.45, 7) is 4.68. The fourth-order valence-corrected chi connectivity index (χ4v) is 6.12. The predicted octanol–water partition coefficient (Wildman–Crippen LogP) is 5.81. The maximum atomic E-state index is 13.5. The first-order chi connectivity index (χ1) is 18.0. The quantitative estimate of drug-likeness (QED) is 0.285. The topological polar surface area (TPSA) is 77.4 Å². The van der Waals surface area contributed by atoms with Crippen molar-refractivity contribution in [3.8, 4) is 0 Å². The Morgan fingerprint density at radius 3 is 2.32 bits per heavy atom. The molecule has 3 aromatic rings. The highest BCUT2D eigenvalue weighted by molar-refractivity contribution is 7.11. The van der Waals surface area contributed by atoms with Crippen molar-refractivity contribution in [3.63, 3.8) is 0 Å². The number of rotatable bonds is 9. The molecule has 7 heteroatoms. The lowest BCUT2D eigenvalue weighted by Crippen LogP contribution is -2.33. The Morgan fingerprint density at radius 1 is 1.00 bits per heavy atom. The molecule has 0 saturated heterocycles. The largest absolute Gasteiger partial charge is 0.462 e. The number of benzene rings is 2. The van der Waals surface area contributed by atoms with Crippen LogP contribution in [0.5, 0.6) is 0 Å². The van der Waals surface area contributed by atoms with Gasteiger partial charge >= 0.3 is 10.8 Å². The molecular formula is C30H36N2O4S. The summed E-state index contributed by atoms with van der Waals surface area (Å²) in [6.07, 6.45) is 6.91. The van der Waals surface area contributed by atoms with E-state index in [2.05, 4.69) is 5.32 Å². The average Bonchev–Trinajstić information content (AvgIpc) is 3.07. The predicted molar refractivity (Wildman–Crippen MR) is 147 cm³/mol. The zero-order valence-corrected chi connectivity index (χ0v) is 22.5. The zero-order chi connectivity index (χ0) is 26.2. The fourth-order valence-electron chi connectivity index (χ4n) is 5.23. The van der Waals surface area contributed by atoms with Gasteiger partial charge in [0.1, 0.15) is 4.88 Å². The molecule has 4 rings (SSSR count). The highest BCUT2D eigenvalue weighted by Gasteiger charge is 2.30. The number of carbonyl (C=O) groups is 2. The van der Waals surface area contributed by atoms with Gasteiger partial charge in [0, 0.05) is 12.2 Å². The van der Waals surface area contributed by atoms with Crippen LogP contribution in [0.2, 0.25) is 0 Å². The molecule has 1 heterocycles. The Labute approximate surface area is 222 Å². The first-order valence-corrected chi connectivity index (χ1v) is 14.1. The van der Waals surface area contributed by atoms with Crippen LogP contribution in [0.25, 0.3) is 0 Å². The van der Waals surface area contributed by atoms with E-state index in [1.165, 1.54) is 12.8 Å².